The van der Waals surface area contributed by atoms with E-state index in [1.54, 1.807) is 0 Å². The monoisotopic (exact) mass is 1480 g/mol. The molecular formula is C82H156O17P2. The van der Waals surface area contributed by atoms with Gasteiger partial charge in [0.1, 0.15) is 19.3 Å². The minimum Gasteiger partial charge on any atom is -0.462 e. The maximum absolute atomic E-state index is 13.1. The Kier molecular flexibility index (Phi) is 70.0. The third-order valence-electron chi connectivity index (χ3n) is 18.5. The molecule has 0 fully saturated rings. The van der Waals surface area contributed by atoms with Crippen LogP contribution in [0.15, 0.2) is 24.3 Å². The molecule has 0 bridgehead atoms. The molecule has 19 heteroatoms. The van der Waals surface area contributed by atoms with Crippen molar-refractivity contribution in [1.82, 2.24) is 0 Å². The van der Waals surface area contributed by atoms with Crippen LogP contribution >= 0.6 is 15.6 Å². The van der Waals surface area contributed by atoms with E-state index in [1.165, 1.54) is 193 Å². The number of phosphoric ester groups is 2. The summed E-state index contributed by atoms with van der Waals surface area (Å²) in [5, 5.41) is 10.6. The maximum Gasteiger partial charge on any atom is 0.472 e. The fourth-order valence-electron chi connectivity index (χ4n) is 12.1. The third kappa shape index (κ3) is 75.6. The van der Waals surface area contributed by atoms with E-state index >= 15 is 0 Å². The summed E-state index contributed by atoms with van der Waals surface area (Å²) in [7, 11) is -9.93. The smallest absolute Gasteiger partial charge is 0.462 e. The van der Waals surface area contributed by atoms with Crippen LogP contribution in [0.4, 0.5) is 0 Å². The molecule has 0 aliphatic rings. The van der Waals surface area contributed by atoms with E-state index in [0.717, 1.165) is 121 Å². The highest BCUT2D eigenvalue weighted by atomic mass is 31.2. The first-order valence-electron chi connectivity index (χ1n) is 41.7. The van der Waals surface area contributed by atoms with Gasteiger partial charge in [0.2, 0.25) is 0 Å². The lowest BCUT2D eigenvalue weighted by Crippen LogP contribution is -2.30. The summed E-state index contributed by atoms with van der Waals surface area (Å²) in [6.45, 7) is 11.8. The highest BCUT2D eigenvalue weighted by Crippen LogP contribution is 2.45. The first-order chi connectivity index (χ1) is 48.7. The number of carbonyl (C=O) groups is 4. The molecule has 0 aromatic rings. The molecule has 17 nitrogen and oxygen atoms in total. The van der Waals surface area contributed by atoms with Gasteiger partial charge in [-0.15, -0.1) is 0 Å². The zero-order chi connectivity index (χ0) is 74.4. The number of rotatable bonds is 78. The lowest BCUT2D eigenvalue weighted by molar-refractivity contribution is -0.161. The molecule has 0 heterocycles. The number of allylic oxidation sites excluding steroid dienone is 4. The van der Waals surface area contributed by atoms with E-state index in [9.17, 15) is 43.2 Å². The van der Waals surface area contributed by atoms with Gasteiger partial charge in [0.05, 0.1) is 26.4 Å². The molecule has 0 saturated carbocycles. The molecule has 0 aliphatic carbocycles. The van der Waals surface area contributed by atoms with Crippen molar-refractivity contribution in [2.75, 3.05) is 39.6 Å². The van der Waals surface area contributed by atoms with Gasteiger partial charge in [-0.1, -0.05) is 349 Å². The Morgan fingerprint density at radius 1 is 0.307 bits per heavy atom. The molecule has 0 aromatic heterocycles. The average molecular weight is 1480 g/mol. The Bertz CT molecular complexity index is 2050. The molecular weight excluding hydrogens is 1320 g/mol. The van der Waals surface area contributed by atoms with Crippen molar-refractivity contribution in [3.63, 3.8) is 0 Å². The summed E-state index contributed by atoms with van der Waals surface area (Å²) >= 11 is 0. The quantitative estimate of drug-likeness (QED) is 0.0169. The fraction of sp³-hybridized carbons (Fsp3) is 0.902. The molecule has 0 rings (SSSR count). The number of esters is 4. The van der Waals surface area contributed by atoms with Crippen molar-refractivity contribution in [2.24, 2.45) is 17.8 Å². The van der Waals surface area contributed by atoms with Crippen LogP contribution in [-0.2, 0) is 65.4 Å². The first kappa shape index (κ1) is 98.5. The third-order valence-corrected chi connectivity index (χ3v) is 20.4. The number of hydrogen-bond acceptors (Lipinski definition) is 15. The number of hydrogen-bond donors (Lipinski definition) is 3. The number of phosphoric acid groups is 2. The SMILES string of the molecule is CCCCCC/C=C\C=C/CCCCCCCC(=O)O[C@H](COC(=O)CCCCCCCCCCCCCCCCCCCCC(C)C)COP(=O)(O)OC[C@@H](O)COP(=O)(O)OC[C@@H](COC(=O)CCCCCCCCC(C)C)OC(=O)CCCCCCCCCCCCCCCC(C)C. The predicted octanol–water partition coefficient (Wildman–Crippen LogP) is 24.1. The van der Waals surface area contributed by atoms with E-state index in [4.69, 9.17) is 37.0 Å². The normalized spacial score (nSPS) is 14.1. The molecule has 101 heavy (non-hydrogen) atoms. The fourth-order valence-corrected chi connectivity index (χ4v) is 13.7. The van der Waals surface area contributed by atoms with Crippen LogP contribution in [0.2, 0.25) is 0 Å². The number of carbonyl (C=O) groups excluding carboxylic acids is 4. The summed E-state index contributed by atoms with van der Waals surface area (Å²) in [5.41, 5.74) is 0. The van der Waals surface area contributed by atoms with Gasteiger partial charge in [-0.2, -0.15) is 0 Å². The molecule has 0 spiro atoms. The largest absolute Gasteiger partial charge is 0.472 e. The Balaban J connectivity index is 5.23. The van der Waals surface area contributed by atoms with Gasteiger partial charge in [0.25, 0.3) is 0 Å². The number of aliphatic hydroxyl groups excluding tert-OH is 1. The van der Waals surface area contributed by atoms with Crippen LogP contribution in [0.5, 0.6) is 0 Å². The zero-order valence-electron chi connectivity index (χ0n) is 65.9. The van der Waals surface area contributed by atoms with Crippen molar-refractivity contribution in [3.8, 4) is 0 Å². The van der Waals surface area contributed by atoms with Crippen molar-refractivity contribution >= 4 is 39.5 Å². The Morgan fingerprint density at radius 2 is 0.535 bits per heavy atom. The summed E-state index contributed by atoms with van der Waals surface area (Å²) < 4.78 is 68.6. The van der Waals surface area contributed by atoms with Crippen LogP contribution < -0.4 is 0 Å². The topological polar surface area (TPSA) is 237 Å². The standard InChI is InChI=1S/C82H156O17P2/c1-8-9-10-11-12-13-14-15-20-27-32-37-42-51-58-65-81(86)98-77(69-92-79(84)63-56-49-41-36-31-26-22-19-17-16-18-21-24-29-34-39-46-53-60-73(2)3)71-96-100(88,89)94-67-76(83)68-95-101(90,91)97-72-78(70-93-80(85)64-57-50-45-44-48-55-62-75(6)7)99-82(87)66-59-52-43-38-33-28-23-25-30-35-40-47-54-61-74(4)5/h13-15,20,73-78,83H,8-12,16-19,21-72H2,1-7H3,(H,88,89)(H,90,91)/b14-13-,20-15-/t76-,77-,78-/m1/s1. The minimum absolute atomic E-state index is 0.0852. The maximum atomic E-state index is 13.1. The minimum atomic E-state index is -4.97. The molecule has 0 radical (unpaired) electrons. The second-order valence-electron chi connectivity index (χ2n) is 30.3. The Hall–Kier alpha value is -2.46. The zero-order valence-corrected chi connectivity index (χ0v) is 67.6. The van der Waals surface area contributed by atoms with Gasteiger partial charge in [-0.3, -0.25) is 37.3 Å². The van der Waals surface area contributed by atoms with E-state index in [0.29, 0.717) is 31.6 Å². The van der Waals surface area contributed by atoms with E-state index < -0.39 is 97.5 Å². The highest BCUT2D eigenvalue weighted by Gasteiger charge is 2.30. The molecule has 2 unspecified atom stereocenters. The van der Waals surface area contributed by atoms with E-state index in [2.05, 4.69) is 72.8 Å². The second kappa shape index (κ2) is 71.8. The van der Waals surface area contributed by atoms with Gasteiger partial charge in [-0.25, -0.2) is 9.13 Å². The van der Waals surface area contributed by atoms with Gasteiger partial charge < -0.3 is 33.8 Å². The number of aliphatic hydroxyl groups is 1. The molecule has 0 aliphatic heterocycles. The van der Waals surface area contributed by atoms with E-state index in [1.807, 2.05) is 0 Å². The van der Waals surface area contributed by atoms with Crippen molar-refractivity contribution in [1.29, 1.82) is 0 Å². The first-order valence-corrected chi connectivity index (χ1v) is 44.7. The summed E-state index contributed by atoms with van der Waals surface area (Å²) in [4.78, 5) is 73.0. The molecule has 0 amide bonds. The molecule has 0 saturated heterocycles. The average Bonchev–Trinajstić information content (AvgIpc) is 0.946. The predicted molar refractivity (Wildman–Crippen MR) is 414 cm³/mol. The molecule has 3 N–H and O–H groups in total. The Morgan fingerprint density at radius 3 is 0.802 bits per heavy atom. The van der Waals surface area contributed by atoms with Crippen molar-refractivity contribution in [2.45, 2.75) is 420 Å². The molecule has 5 atom stereocenters. The molecule has 596 valence electrons. The van der Waals surface area contributed by atoms with Crippen LogP contribution in [0.1, 0.15) is 402 Å². The van der Waals surface area contributed by atoms with E-state index in [-0.39, 0.29) is 25.7 Å². The number of ether oxygens (including phenoxy) is 4. The van der Waals surface area contributed by atoms with Gasteiger partial charge in [0, 0.05) is 25.7 Å². The van der Waals surface area contributed by atoms with Crippen LogP contribution in [0.25, 0.3) is 0 Å². The second-order valence-corrected chi connectivity index (χ2v) is 33.2. The summed E-state index contributed by atoms with van der Waals surface area (Å²) in [6, 6.07) is 0. The lowest BCUT2D eigenvalue weighted by Gasteiger charge is -2.21. The summed E-state index contributed by atoms with van der Waals surface area (Å²) in [5.74, 6) is 0.141. The summed E-state index contributed by atoms with van der Waals surface area (Å²) in [6.07, 6.45) is 63.5. The lowest BCUT2D eigenvalue weighted by atomic mass is 10.0. The van der Waals surface area contributed by atoms with Gasteiger partial charge in [-0.05, 0) is 69.1 Å². The van der Waals surface area contributed by atoms with Gasteiger partial charge in [0.15, 0.2) is 12.2 Å². The van der Waals surface area contributed by atoms with Gasteiger partial charge >= 0.3 is 39.5 Å². The van der Waals surface area contributed by atoms with Crippen LogP contribution in [0.3, 0.4) is 0 Å². The van der Waals surface area contributed by atoms with Crippen molar-refractivity contribution in [3.05, 3.63) is 24.3 Å². The van der Waals surface area contributed by atoms with Crippen LogP contribution in [0, 0.1) is 17.8 Å². The number of unbranched alkanes of at least 4 members (excludes halogenated alkanes) is 43. The highest BCUT2D eigenvalue weighted by molar-refractivity contribution is 7.47. The Labute approximate surface area is 618 Å². The van der Waals surface area contributed by atoms with Crippen molar-refractivity contribution < 1.29 is 80.2 Å². The molecule has 0 aromatic carbocycles. The van der Waals surface area contributed by atoms with Crippen LogP contribution in [-0.4, -0.2) is 96.7 Å².